The minimum Gasteiger partial charge on any atom is -0.451 e. The fourth-order valence-corrected chi connectivity index (χ4v) is 2.90. The van der Waals surface area contributed by atoms with Gasteiger partial charge in [-0.1, -0.05) is 34.1 Å². The first-order valence-electron chi connectivity index (χ1n) is 8.31. The minimum absolute atomic E-state index is 0.0815. The molecule has 27 heavy (non-hydrogen) atoms. The smallest absolute Gasteiger partial charge is 0.287 e. The largest absolute Gasteiger partial charge is 0.451 e. The molecule has 2 amide bonds. The van der Waals surface area contributed by atoms with Gasteiger partial charge in [-0.2, -0.15) is 0 Å². The number of carbonyl (C=O) groups is 2. The normalized spacial score (nSPS) is 10.6. The van der Waals surface area contributed by atoms with Crippen LogP contribution >= 0.6 is 15.9 Å². The molecule has 0 aliphatic rings. The van der Waals surface area contributed by atoms with Gasteiger partial charge in [0.05, 0.1) is 5.39 Å². The van der Waals surface area contributed by atoms with E-state index in [0.29, 0.717) is 16.7 Å². The Kier molecular flexibility index (Phi) is 5.71. The van der Waals surface area contributed by atoms with Gasteiger partial charge >= 0.3 is 0 Å². The molecule has 0 radical (unpaired) electrons. The molecule has 0 saturated heterocycles. The van der Waals surface area contributed by atoms with Crippen LogP contribution in [0.15, 0.2) is 62.2 Å². The molecule has 6 nitrogen and oxygen atoms in total. The SMILES string of the molecule is Cc1ccc(Br)cc1NC(=O)CCNC(=O)c1cc(=O)c2ccccc2o1. The first-order valence-corrected chi connectivity index (χ1v) is 9.10. The Morgan fingerprint density at radius 3 is 2.70 bits per heavy atom. The molecule has 2 N–H and O–H groups in total. The van der Waals surface area contributed by atoms with Crippen LogP contribution in [0.25, 0.3) is 11.0 Å². The quantitative estimate of drug-likeness (QED) is 0.649. The summed E-state index contributed by atoms with van der Waals surface area (Å²) in [6.07, 6.45) is 0.0928. The maximum Gasteiger partial charge on any atom is 0.287 e. The number of benzene rings is 2. The first-order chi connectivity index (χ1) is 12.9. The summed E-state index contributed by atoms with van der Waals surface area (Å²) < 4.78 is 6.33. The van der Waals surface area contributed by atoms with Crippen molar-refractivity contribution in [3.63, 3.8) is 0 Å². The maximum atomic E-state index is 12.2. The summed E-state index contributed by atoms with van der Waals surface area (Å²) in [5.74, 6) is -0.845. The highest BCUT2D eigenvalue weighted by molar-refractivity contribution is 9.10. The van der Waals surface area contributed by atoms with E-state index in [1.165, 1.54) is 0 Å². The highest BCUT2D eigenvalue weighted by Gasteiger charge is 2.13. The van der Waals surface area contributed by atoms with Gasteiger partial charge in [0.15, 0.2) is 11.2 Å². The molecular weight excluding hydrogens is 412 g/mol. The fourth-order valence-electron chi connectivity index (χ4n) is 2.53. The summed E-state index contributed by atoms with van der Waals surface area (Å²) in [6.45, 7) is 2.01. The molecule has 0 spiro atoms. The van der Waals surface area contributed by atoms with E-state index < -0.39 is 5.91 Å². The lowest BCUT2D eigenvalue weighted by Crippen LogP contribution is -2.28. The Hall–Kier alpha value is -2.93. The first kappa shape index (κ1) is 18.8. The van der Waals surface area contributed by atoms with Gasteiger partial charge in [-0.15, -0.1) is 0 Å². The van der Waals surface area contributed by atoms with Crippen LogP contribution in [0, 0.1) is 6.92 Å². The second-order valence-electron chi connectivity index (χ2n) is 5.98. The number of rotatable bonds is 5. The van der Waals surface area contributed by atoms with Crippen LogP contribution in [0.5, 0.6) is 0 Å². The Balaban J connectivity index is 1.59. The molecule has 0 saturated carbocycles. The second-order valence-corrected chi connectivity index (χ2v) is 6.90. The van der Waals surface area contributed by atoms with Crippen molar-refractivity contribution in [1.82, 2.24) is 5.32 Å². The van der Waals surface area contributed by atoms with Gasteiger partial charge in [-0.3, -0.25) is 14.4 Å². The number of nitrogens with one attached hydrogen (secondary N) is 2. The molecule has 0 unspecified atom stereocenters. The van der Waals surface area contributed by atoms with Crippen LogP contribution in [0.1, 0.15) is 22.5 Å². The van der Waals surface area contributed by atoms with Crippen molar-refractivity contribution in [1.29, 1.82) is 0 Å². The Bertz CT molecular complexity index is 1080. The van der Waals surface area contributed by atoms with Crippen molar-refractivity contribution in [3.8, 4) is 0 Å². The average molecular weight is 429 g/mol. The second kappa shape index (κ2) is 8.18. The molecule has 0 aliphatic carbocycles. The number of carbonyl (C=O) groups excluding carboxylic acids is 2. The van der Waals surface area contributed by atoms with Crippen LogP contribution in [0.3, 0.4) is 0 Å². The third-order valence-corrected chi connectivity index (χ3v) is 4.46. The molecular formula is C20H17BrN2O4. The number of hydrogen-bond donors (Lipinski definition) is 2. The fraction of sp³-hybridized carbons (Fsp3) is 0.150. The molecule has 0 atom stereocenters. The van der Waals surface area contributed by atoms with Gasteiger partial charge in [-0.25, -0.2) is 0 Å². The van der Waals surface area contributed by atoms with Crippen molar-refractivity contribution >= 4 is 44.4 Å². The summed E-state index contributed by atoms with van der Waals surface area (Å²) in [5, 5.41) is 5.81. The van der Waals surface area contributed by atoms with E-state index in [1.807, 2.05) is 25.1 Å². The third-order valence-electron chi connectivity index (χ3n) is 3.97. The van der Waals surface area contributed by atoms with Crippen molar-refractivity contribution in [2.75, 3.05) is 11.9 Å². The van der Waals surface area contributed by atoms with Gasteiger partial charge in [0, 0.05) is 29.2 Å². The molecule has 138 valence electrons. The van der Waals surface area contributed by atoms with Crippen LogP contribution in [-0.4, -0.2) is 18.4 Å². The van der Waals surface area contributed by atoms with Crippen LogP contribution in [-0.2, 0) is 4.79 Å². The monoisotopic (exact) mass is 428 g/mol. The zero-order chi connectivity index (χ0) is 19.4. The molecule has 7 heteroatoms. The van der Waals surface area contributed by atoms with Gasteiger partial charge in [0.2, 0.25) is 5.91 Å². The van der Waals surface area contributed by atoms with Crippen molar-refractivity contribution in [2.45, 2.75) is 13.3 Å². The number of amides is 2. The van der Waals surface area contributed by atoms with E-state index in [-0.39, 0.29) is 30.1 Å². The Labute approximate surface area is 163 Å². The molecule has 1 aromatic heterocycles. The predicted molar refractivity (Wildman–Crippen MR) is 107 cm³/mol. The number of hydrogen-bond acceptors (Lipinski definition) is 4. The van der Waals surface area contributed by atoms with E-state index in [9.17, 15) is 14.4 Å². The third kappa shape index (κ3) is 4.62. The summed E-state index contributed by atoms with van der Waals surface area (Å²) in [4.78, 5) is 36.3. The predicted octanol–water partition coefficient (Wildman–Crippen LogP) is 3.62. The van der Waals surface area contributed by atoms with E-state index >= 15 is 0 Å². The molecule has 3 rings (SSSR count). The Morgan fingerprint density at radius 2 is 1.89 bits per heavy atom. The Morgan fingerprint density at radius 1 is 1.11 bits per heavy atom. The van der Waals surface area contributed by atoms with Crippen molar-refractivity contribution < 1.29 is 14.0 Å². The standard InChI is InChI=1S/C20H17BrN2O4/c1-12-6-7-13(21)10-15(12)23-19(25)8-9-22-20(26)18-11-16(24)14-4-2-3-5-17(14)27-18/h2-7,10-11H,8-9H2,1H3,(H,22,26)(H,23,25). The number of aryl methyl sites for hydroxylation is 1. The summed E-state index contributed by atoms with van der Waals surface area (Å²) >= 11 is 3.36. The number of anilines is 1. The van der Waals surface area contributed by atoms with E-state index in [2.05, 4.69) is 26.6 Å². The molecule has 3 aromatic rings. The lowest BCUT2D eigenvalue weighted by molar-refractivity contribution is -0.116. The number of halogens is 1. The van der Waals surface area contributed by atoms with Gasteiger partial charge < -0.3 is 15.1 Å². The zero-order valence-corrected chi connectivity index (χ0v) is 16.1. The minimum atomic E-state index is -0.538. The number of para-hydroxylation sites is 1. The molecule has 2 aromatic carbocycles. The van der Waals surface area contributed by atoms with Crippen LogP contribution in [0.4, 0.5) is 5.69 Å². The van der Waals surface area contributed by atoms with Gasteiger partial charge in [0.1, 0.15) is 5.58 Å². The topological polar surface area (TPSA) is 88.4 Å². The highest BCUT2D eigenvalue weighted by atomic mass is 79.9. The summed E-state index contributed by atoms with van der Waals surface area (Å²) in [7, 11) is 0. The van der Waals surface area contributed by atoms with Gasteiger partial charge in [0.25, 0.3) is 5.91 Å². The lowest BCUT2D eigenvalue weighted by Gasteiger charge is -2.09. The average Bonchev–Trinajstić information content (AvgIpc) is 2.64. The molecule has 1 heterocycles. The summed E-state index contributed by atoms with van der Waals surface area (Å²) in [6, 6.07) is 13.5. The molecule has 0 fully saturated rings. The maximum absolute atomic E-state index is 12.2. The highest BCUT2D eigenvalue weighted by Crippen LogP contribution is 2.20. The van der Waals surface area contributed by atoms with Gasteiger partial charge in [-0.05, 0) is 36.8 Å². The molecule has 0 bridgehead atoms. The number of fused-ring (bicyclic) bond motifs is 1. The van der Waals surface area contributed by atoms with E-state index in [1.54, 1.807) is 24.3 Å². The van der Waals surface area contributed by atoms with Crippen molar-refractivity contribution in [2.24, 2.45) is 0 Å². The summed E-state index contributed by atoms with van der Waals surface area (Å²) in [5.41, 5.74) is 1.71. The van der Waals surface area contributed by atoms with E-state index in [0.717, 1.165) is 16.1 Å². The molecule has 0 aliphatic heterocycles. The van der Waals surface area contributed by atoms with E-state index in [4.69, 9.17) is 4.42 Å². The van der Waals surface area contributed by atoms with Crippen LogP contribution in [0.2, 0.25) is 0 Å². The zero-order valence-electron chi connectivity index (χ0n) is 14.5. The lowest BCUT2D eigenvalue weighted by atomic mass is 10.2. The van der Waals surface area contributed by atoms with Crippen molar-refractivity contribution in [3.05, 3.63) is 74.6 Å². The van der Waals surface area contributed by atoms with Crippen LogP contribution < -0.4 is 16.1 Å².